The minimum atomic E-state index is -3.06. The van der Waals surface area contributed by atoms with Gasteiger partial charge in [0.15, 0.2) is 0 Å². The standard InChI is InChI=1S/C9H15N3O2S/c1-15(13,14)11-6-8-2-3-9-10-4-5-12(9)7-8/h4-5,8,11H,2-3,6-7H2,1H3/t8-/m0/s1. The van der Waals surface area contributed by atoms with Gasteiger partial charge in [0.1, 0.15) is 5.82 Å². The van der Waals surface area contributed by atoms with E-state index in [2.05, 4.69) is 14.3 Å². The fraction of sp³-hybridized carbons (Fsp3) is 0.667. The third kappa shape index (κ3) is 2.79. The van der Waals surface area contributed by atoms with E-state index in [9.17, 15) is 8.42 Å². The molecule has 1 aliphatic heterocycles. The van der Waals surface area contributed by atoms with Gasteiger partial charge in [0, 0.05) is 31.9 Å². The monoisotopic (exact) mass is 229 g/mol. The van der Waals surface area contributed by atoms with Gasteiger partial charge in [-0.2, -0.15) is 0 Å². The van der Waals surface area contributed by atoms with Gasteiger partial charge in [0.05, 0.1) is 6.26 Å². The summed E-state index contributed by atoms with van der Waals surface area (Å²) in [6, 6.07) is 0. The molecule has 0 amide bonds. The van der Waals surface area contributed by atoms with Gasteiger partial charge in [-0.1, -0.05) is 0 Å². The molecule has 0 saturated heterocycles. The SMILES string of the molecule is CS(=O)(=O)NC[C@@H]1CCc2nccn2C1. The van der Waals surface area contributed by atoms with Crippen LogP contribution in [-0.4, -0.2) is 30.8 Å². The number of nitrogens with one attached hydrogen (secondary N) is 1. The summed E-state index contributed by atoms with van der Waals surface area (Å²) in [5, 5.41) is 0. The van der Waals surface area contributed by atoms with Crippen molar-refractivity contribution in [1.29, 1.82) is 0 Å². The zero-order chi connectivity index (χ0) is 10.9. The molecule has 0 aliphatic carbocycles. The number of aromatic nitrogens is 2. The molecule has 2 rings (SSSR count). The number of imidazole rings is 1. The van der Waals surface area contributed by atoms with E-state index in [1.165, 1.54) is 6.26 Å². The molecule has 6 heteroatoms. The number of nitrogens with zero attached hydrogens (tertiary/aromatic N) is 2. The van der Waals surface area contributed by atoms with E-state index in [0.29, 0.717) is 12.5 Å². The Hall–Kier alpha value is -0.880. The van der Waals surface area contributed by atoms with Crippen LogP contribution in [0.4, 0.5) is 0 Å². The lowest BCUT2D eigenvalue weighted by Gasteiger charge is -2.23. The normalized spacial score (nSPS) is 21.3. The molecule has 1 atom stereocenters. The highest BCUT2D eigenvalue weighted by molar-refractivity contribution is 7.88. The molecule has 0 radical (unpaired) electrons. The van der Waals surface area contributed by atoms with Crippen molar-refractivity contribution in [1.82, 2.24) is 14.3 Å². The molecule has 0 fully saturated rings. The largest absolute Gasteiger partial charge is 0.335 e. The van der Waals surface area contributed by atoms with E-state index < -0.39 is 10.0 Å². The molecule has 0 unspecified atom stereocenters. The zero-order valence-electron chi connectivity index (χ0n) is 8.68. The van der Waals surface area contributed by atoms with Gasteiger partial charge in [-0.05, 0) is 12.3 Å². The van der Waals surface area contributed by atoms with E-state index in [4.69, 9.17) is 0 Å². The van der Waals surface area contributed by atoms with Crippen LogP contribution in [0.25, 0.3) is 0 Å². The van der Waals surface area contributed by atoms with Crippen LogP contribution in [0, 0.1) is 5.92 Å². The first kappa shape index (κ1) is 10.6. The van der Waals surface area contributed by atoms with Crippen molar-refractivity contribution in [2.75, 3.05) is 12.8 Å². The Morgan fingerprint density at radius 1 is 1.67 bits per heavy atom. The van der Waals surface area contributed by atoms with Gasteiger partial charge in [-0.15, -0.1) is 0 Å². The highest BCUT2D eigenvalue weighted by atomic mass is 32.2. The van der Waals surface area contributed by atoms with Crippen molar-refractivity contribution in [3.8, 4) is 0 Å². The summed E-state index contributed by atoms with van der Waals surface area (Å²) in [5.74, 6) is 1.48. The van der Waals surface area contributed by atoms with E-state index in [1.807, 2.05) is 6.20 Å². The zero-order valence-corrected chi connectivity index (χ0v) is 9.50. The molecule has 0 saturated carbocycles. The lowest BCUT2D eigenvalue weighted by atomic mass is 10.00. The van der Waals surface area contributed by atoms with Crippen molar-refractivity contribution in [3.63, 3.8) is 0 Å². The Bertz CT molecular complexity index is 438. The summed E-state index contributed by atoms with van der Waals surface area (Å²) in [5.41, 5.74) is 0. The predicted molar refractivity (Wildman–Crippen MR) is 56.9 cm³/mol. The van der Waals surface area contributed by atoms with Crippen LogP contribution in [0.3, 0.4) is 0 Å². The van der Waals surface area contributed by atoms with E-state index >= 15 is 0 Å². The third-order valence-corrected chi connectivity index (χ3v) is 3.36. The van der Waals surface area contributed by atoms with Crippen LogP contribution < -0.4 is 4.72 Å². The number of aryl methyl sites for hydroxylation is 1. The summed E-state index contributed by atoms with van der Waals surface area (Å²) in [6.07, 6.45) is 6.87. The predicted octanol–water partition coefficient (Wildman–Crippen LogP) is -0.00530. The molecule has 0 bridgehead atoms. The lowest BCUT2D eigenvalue weighted by molar-refractivity contribution is 0.364. The van der Waals surface area contributed by atoms with Crippen molar-refractivity contribution in [2.45, 2.75) is 19.4 Å². The minimum absolute atomic E-state index is 0.376. The number of rotatable bonds is 3. The van der Waals surface area contributed by atoms with Crippen LogP contribution in [-0.2, 0) is 23.0 Å². The quantitative estimate of drug-likeness (QED) is 0.793. The maximum Gasteiger partial charge on any atom is 0.208 e. The van der Waals surface area contributed by atoms with Gasteiger partial charge in [0.2, 0.25) is 10.0 Å². The second-order valence-corrected chi connectivity index (χ2v) is 5.85. The summed E-state index contributed by atoms with van der Waals surface area (Å²) < 4.78 is 26.5. The topological polar surface area (TPSA) is 64.0 Å². The van der Waals surface area contributed by atoms with Gasteiger partial charge in [-0.3, -0.25) is 0 Å². The molecular weight excluding hydrogens is 214 g/mol. The first-order chi connectivity index (χ1) is 7.04. The molecule has 15 heavy (non-hydrogen) atoms. The molecule has 0 aromatic carbocycles. The average molecular weight is 229 g/mol. The van der Waals surface area contributed by atoms with Crippen molar-refractivity contribution < 1.29 is 8.42 Å². The van der Waals surface area contributed by atoms with Crippen LogP contribution in [0.5, 0.6) is 0 Å². The Labute approximate surface area is 89.6 Å². The number of hydrogen-bond acceptors (Lipinski definition) is 3. The smallest absolute Gasteiger partial charge is 0.208 e. The van der Waals surface area contributed by atoms with Crippen molar-refractivity contribution in [2.24, 2.45) is 5.92 Å². The van der Waals surface area contributed by atoms with E-state index in [1.54, 1.807) is 6.20 Å². The Morgan fingerprint density at radius 3 is 3.20 bits per heavy atom. The molecule has 2 heterocycles. The highest BCUT2D eigenvalue weighted by Crippen LogP contribution is 2.17. The maximum atomic E-state index is 10.9. The number of sulfonamides is 1. The molecular formula is C9H15N3O2S. The minimum Gasteiger partial charge on any atom is -0.335 e. The summed E-state index contributed by atoms with van der Waals surface area (Å²) in [7, 11) is -3.06. The molecule has 1 aromatic rings. The fourth-order valence-corrected chi connectivity index (χ4v) is 2.41. The average Bonchev–Trinajstić information content (AvgIpc) is 2.60. The fourth-order valence-electron chi connectivity index (χ4n) is 1.87. The van der Waals surface area contributed by atoms with Gasteiger partial charge >= 0.3 is 0 Å². The second-order valence-electron chi connectivity index (χ2n) is 4.02. The molecule has 1 aliphatic rings. The van der Waals surface area contributed by atoms with Crippen LogP contribution >= 0.6 is 0 Å². The first-order valence-electron chi connectivity index (χ1n) is 4.99. The van der Waals surface area contributed by atoms with Crippen LogP contribution in [0.15, 0.2) is 12.4 Å². The number of hydrogen-bond donors (Lipinski definition) is 1. The molecule has 84 valence electrons. The number of fused-ring (bicyclic) bond motifs is 1. The summed E-state index contributed by atoms with van der Waals surface area (Å²) >= 11 is 0. The highest BCUT2D eigenvalue weighted by Gasteiger charge is 2.19. The third-order valence-electron chi connectivity index (χ3n) is 2.67. The Morgan fingerprint density at radius 2 is 2.47 bits per heavy atom. The second kappa shape index (κ2) is 3.94. The molecule has 1 N–H and O–H groups in total. The van der Waals surface area contributed by atoms with Crippen LogP contribution in [0.2, 0.25) is 0 Å². The van der Waals surface area contributed by atoms with Gasteiger partial charge in [0.25, 0.3) is 0 Å². The Balaban J connectivity index is 1.93. The molecule has 0 spiro atoms. The van der Waals surface area contributed by atoms with Crippen LogP contribution in [0.1, 0.15) is 12.2 Å². The van der Waals surface area contributed by atoms with Crippen molar-refractivity contribution in [3.05, 3.63) is 18.2 Å². The van der Waals surface area contributed by atoms with Gasteiger partial charge < -0.3 is 4.57 Å². The Kier molecular flexibility index (Phi) is 2.79. The van der Waals surface area contributed by atoms with E-state index in [0.717, 1.165) is 25.2 Å². The lowest BCUT2D eigenvalue weighted by Crippen LogP contribution is -2.32. The summed E-state index contributed by atoms with van der Waals surface area (Å²) in [6.45, 7) is 1.38. The van der Waals surface area contributed by atoms with E-state index in [-0.39, 0.29) is 0 Å². The summed E-state index contributed by atoms with van der Waals surface area (Å²) in [4.78, 5) is 4.22. The maximum absolute atomic E-state index is 10.9. The first-order valence-corrected chi connectivity index (χ1v) is 6.88. The molecule has 5 nitrogen and oxygen atoms in total. The van der Waals surface area contributed by atoms with Gasteiger partial charge in [-0.25, -0.2) is 18.1 Å². The molecule has 1 aromatic heterocycles. The van der Waals surface area contributed by atoms with Crippen molar-refractivity contribution >= 4 is 10.0 Å².